The average molecular weight is 837 g/mol. The maximum Gasteiger partial charge on any atom is 0.226 e. The molecular weight excluding hydrogens is 788 g/mol. The Hall–Kier alpha value is -4.75. The molecule has 0 N–H and O–H groups in total. The van der Waals surface area contributed by atoms with Crippen molar-refractivity contribution in [1.29, 1.82) is 0 Å². The van der Waals surface area contributed by atoms with Gasteiger partial charge in [-0.1, -0.05) is 12.1 Å². The Morgan fingerprint density at radius 3 is 1.86 bits per heavy atom. The van der Waals surface area contributed by atoms with Gasteiger partial charge in [0.25, 0.3) is 0 Å². The zero-order valence-corrected chi connectivity index (χ0v) is 35.8. The molecule has 6 aromatic rings. The molecule has 16 nitrogen and oxygen atoms in total. The molecule has 57 heavy (non-hydrogen) atoms. The topological polar surface area (TPSA) is 170 Å². The number of fused-ring (bicyclic) bond motifs is 2. The molecule has 2 aliphatic heterocycles. The number of anilines is 2. The van der Waals surface area contributed by atoms with Crippen LogP contribution in [0, 0.1) is 13.8 Å². The highest BCUT2D eigenvalue weighted by Gasteiger charge is 2.24. The molecule has 0 amide bonds. The highest BCUT2D eigenvalue weighted by molar-refractivity contribution is 7.92. The number of aryl methyl sites for hydroxylation is 2. The van der Waals surface area contributed by atoms with Crippen LogP contribution in [0.4, 0.5) is 23.3 Å². The summed E-state index contributed by atoms with van der Waals surface area (Å²) in [6.45, 7) is 12.1. The van der Waals surface area contributed by atoms with Crippen molar-refractivity contribution in [3.05, 3.63) is 83.8 Å². The number of pyridine rings is 2. The van der Waals surface area contributed by atoms with Crippen molar-refractivity contribution in [2.75, 3.05) is 74.3 Å². The van der Waals surface area contributed by atoms with E-state index in [-0.39, 0.29) is 17.4 Å². The van der Waals surface area contributed by atoms with Crippen LogP contribution in [-0.4, -0.2) is 124 Å². The van der Waals surface area contributed by atoms with Gasteiger partial charge >= 0.3 is 0 Å². The molecular formula is C38H49ClN12O4S2. The summed E-state index contributed by atoms with van der Waals surface area (Å²) in [5, 5.41) is 0.110. The van der Waals surface area contributed by atoms with Crippen LogP contribution in [0.15, 0.2) is 75.8 Å². The monoisotopic (exact) mass is 836 g/mol. The zero-order valence-electron chi connectivity index (χ0n) is 33.4. The van der Waals surface area contributed by atoms with Gasteiger partial charge in [-0.05, 0) is 63.6 Å². The lowest BCUT2D eigenvalue weighted by atomic mass is 10.2. The molecule has 2 aliphatic rings. The van der Waals surface area contributed by atoms with Gasteiger partial charge < -0.3 is 23.7 Å². The molecule has 2 fully saturated rings. The lowest BCUT2D eigenvalue weighted by molar-refractivity contribution is 0.0985. The summed E-state index contributed by atoms with van der Waals surface area (Å²) < 4.78 is 47.4. The van der Waals surface area contributed by atoms with Gasteiger partial charge in [-0.3, -0.25) is 4.40 Å². The number of rotatable bonds is 5. The Kier molecular flexibility index (Phi) is 13.1. The molecule has 0 bridgehead atoms. The van der Waals surface area contributed by atoms with E-state index < -0.39 is 19.5 Å². The molecule has 0 spiro atoms. The number of halogens is 1. The van der Waals surface area contributed by atoms with Gasteiger partial charge in [0.15, 0.2) is 17.5 Å². The van der Waals surface area contributed by atoms with E-state index in [1.165, 1.54) is 0 Å². The fourth-order valence-electron chi connectivity index (χ4n) is 6.34. The lowest BCUT2D eigenvalue weighted by Crippen LogP contribution is -2.44. The Morgan fingerprint density at radius 2 is 1.28 bits per heavy atom. The van der Waals surface area contributed by atoms with E-state index in [4.69, 9.17) is 26.1 Å². The largest absolute Gasteiger partial charge is 0.377 e. The minimum absolute atomic E-state index is 0.110. The first-order chi connectivity index (χ1) is 27.0. The van der Waals surface area contributed by atoms with Crippen LogP contribution < -0.4 is 9.80 Å². The van der Waals surface area contributed by atoms with Gasteiger partial charge in [0.05, 0.1) is 49.9 Å². The maximum absolute atomic E-state index is 12.3. The van der Waals surface area contributed by atoms with Crippen LogP contribution in [0.25, 0.3) is 22.8 Å². The number of ether oxygens (including phenoxy) is 2. The summed E-state index contributed by atoms with van der Waals surface area (Å²) in [7, 11) is -4.63. The average Bonchev–Trinajstić information content (AvgIpc) is 3.68. The van der Waals surface area contributed by atoms with Gasteiger partial charge in [-0.25, -0.2) is 33.3 Å². The van der Waals surface area contributed by atoms with E-state index in [1.54, 1.807) is 37.2 Å². The summed E-state index contributed by atoms with van der Waals surface area (Å²) in [6, 6.07) is 15.7. The van der Waals surface area contributed by atoms with Crippen molar-refractivity contribution in [2.45, 2.75) is 39.8 Å². The number of hydrogen-bond donors (Lipinski definition) is 0. The first-order valence-electron chi connectivity index (χ1n) is 18.3. The molecule has 304 valence electrons. The van der Waals surface area contributed by atoms with Gasteiger partial charge in [0.1, 0.15) is 28.6 Å². The summed E-state index contributed by atoms with van der Waals surface area (Å²) in [5.74, 6) is 2.74. The molecule has 2 atom stereocenters. The molecule has 0 radical (unpaired) electrons. The SMILES string of the molecule is C[C@@H]1COCCN1c1cc(N=S(C)(C)=O)nc(Cl)n1.Cc1cn2ccccc2n1.Cc1nc2ccccn2c1-c1nc(N=S(C)(C)=O)cc(N2CCOC[C@H]2C)n1. The quantitative estimate of drug-likeness (QED) is 0.185. The smallest absolute Gasteiger partial charge is 0.226 e. The molecule has 0 aromatic carbocycles. The van der Waals surface area contributed by atoms with Gasteiger partial charge in [0, 0.05) is 88.3 Å². The summed E-state index contributed by atoms with van der Waals surface area (Å²) in [6.07, 6.45) is 12.3. The fraction of sp³-hybridized carbons (Fsp3) is 0.421. The highest BCUT2D eigenvalue weighted by Crippen LogP contribution is 2.29. The molecule has 8 rings (SSSR count). The summed E-state index contributed by atoms with van der Waals surface area (Å²) >= 11 is 5.91. The van der Waals surface area contributed by atoms with Crippen molar-refractivity contribution >= 4 is 65.6 Å². The van der Waals surface area contributed by atoms with E-state index in [9.17, 15) is 8.42 Å². The third kappa shape index (κ3) is 11.2. The number of nitrogens with zero attached hydrogens (tertiary/aromatic N) is 12. The third-order valence-electron chi connectivity index (χ3n) is 8.72. The van der Waals surface area contributed by atoms with Crippen LogP contribution in [0.1, 0.15) is 25.2 Å². The lowest BCUT2D eigenvalue weighted by Gasteiger charge is -2.34. The molecule has 0 aliphatic carbocycles. The fourth-order valence-corrected chi connectivity index (χ4v) is 7.60. The maximum atomic E-state index is 12.3. The second-order valence-electron chi connectivity index (χ2n) is 14.4. The molecule has 6 aromatic heterocycles. The Balaban J connectivity index is 0.000000162. The van der Waals surface area contributed by atoms with E-state index in [2.05, 4.69) is 57.3 Å². The second-order valence-corrected chi connectivity index (χ2v) is 19.8. The van der Waals surface area contributed by atoms with Crippen LogP contribution in [-0.2, 0) is 28.9 Å². The predicted molar refractivity (Wildman–Crippen MR) is 227 cm³/mol. The van der Waals surface area contributed by atoms with Gasteiger partial charge in [0.2, 0.25) is 5.28 Å². The third-order valence-corrected chi connectivity index (χ3v) is 10.1. The zero-order chi connectivity index (χ0) is 40.9. The summed E-state index contributed by atoms with van der Waals surface area (Å²) in [5.41, 5.74) is 4.55. The van der Waals surface area contributed by atoms with Crippen LogP contribution >= 0.6 is 11.6 Å². The Morgan fingerprint density at radius 1 is 0.719 bits per heavy atom. The minimum atomic E-state index is -2.36. The predicted octanol–water partition coefficient (Wildman–Crippen LogP) is 6.04. The van der Waals surface area contributed by atoms with Crippen molar-refractivity contribution in [2.24, 2.45) is 8.73 Å². The Bertz CT molecular complexity index is 2570. The number of imidazole rings is 2. The highest BCUT2D eigenvalue weighted by atomic mass is 35.5. The van der Waals surface area contributed by atoms with Crippen molar-refractivity contribution in [3.63, 3.8) is 0 Å². The second kappa shape index (κ2) is 17.8. The molecule has 8 heterocycles. The Labute approximate surface area is 339 Å². The van der Waals surface area contributed by atoms with E-state index in [0.717, 1.165) is 47.3 Å². The van der Waals surface area contributed by atoms with Crippen molar-refractivity contribution in [3.8, 4) is 11.5 Å². The normalized spacial score (nSPS) is 17.4. The van der Waals surface area contributed by atoms with E-state index >= 15 is 0 Å². The molecule has 2 saturated heterocycles. The van der Waals surface area contributed by atoms with E-state index in [0.29, 0.717) is 49.7 Å². The first-order valence-corrected chi connectivity index (χ1v) is 23.4. The molecule has 19 heteroatoms. The number of aromatic nitrogens is 8. The molecule has 0 saturated carbocycles. The summed E-state index contributed by atoms with van der Waals surface area (Å²) in [4.78, 5) is 30.8. The van der Waals surface area contributed by atoms with Crippen molar-refractivity contribution in [1.82, 2.24) is 38.7 Å². The van der Waals surface area contributed by atoms with Gasteiger partial charge in [-0.2, -0.15) is 13.7 Å². The van der Waals surface area contributed by atoms with Crippen LogP contribution in [0.2, 0.25) is 5.28 Å². The van der Waals surface area contributed by atoms with E-state index in [1.807, 2.05) is 77.6 Å². The number of hydrogen-bond acceptors (Lipinski definition) is 14. The van der Waals surface area contributed by atoms with Crippen LogP contribution in [0.3, 0.4) is 0 Å². The van der Waals surface area contributed by atoms with Crippen LogP contribution in [0.5, 0.6) is 0 Å². The molecule has 0 unspecified atom stereocenters. The van der Waals surface area contributed by atoms with Crippen molar-refractivity contribution < 1.29 is 17.9 Å². The number of morpholine rings is 2. The van der Waals surface area contributed by atoms with Gasteiger partial charge in [-0.15, -0.1) is 0 Å². The standard InChI is InChI=1S/C19H24N6O2S.C11H17ClN4O2S.C8H8N2/c1-13-12-27-10-9-24(13)17-11-15(23-28(3,4)26)21-19(22-17)18-14(2)20-16-7-5-6-8-25(16)18;1-8-7-18-5-4-16(8)10-6-9(13-11(12)14-10)15-19(2,3)17;1-7-6-10-5-3-2-4-8(10)9-7/h5-8,11,13H,9-10,12H2,1-4H3;6,8H,4-5,7H2,1-3H3;2-6H,1H3/t13-;8-;/m11./s1. The first kappa shape index (κ1) is 41.9. The minimum Gasteiger partial charge on any atom is -0.377 e.